The predicted molar refractivity (Wildman–Crippen MR) is 41.0 cm³/mol. The summed E-state index contributed by atoms with van der Waals surface area (Å²) < 4.78 is 4.00. The molecular weight excluding hydrogens is 280 g/mol. The second-order valence-electron chi connectivity index (χ2n) is 0.736. The summed E-state index contributed by atoms with van der Waals surface area (Å²) in [5, 5.41) is 3.50. The molecule has 0 saturated carbocycles. The molecule has 0 unspecified atom stereocenters. The van der Waals surface area contributed by atoms with Crippen molar-refractivity contribution in [3.8, 4) is 0 Å². The minimum Gasteiger partial charge on any atom is -0.668 e. The molecule has 0 saturated heterocycles. The van der Waals surface area contributed by atoms with Crippen molar-refractivity contribution in [1.29, 1.82) is 0 Å². The van der Waals surface area contributed by atoms with Crippen molar-refractivity contribution in [2.75, 3.05) is 21.2 Å². The first kappa shape index (κ1) is 40.0. The van der Waals surface area contributed by atoms with Gasteiger partial charge < -0.3 is 10.1 Å². The normalized spacial score (nSPS) is 3.60. The minimum absolute atomic E-state index is 0. The maximum atomic E-state index is 4.00. The van der Waals surface area contributed by atoms with Gasteiger partial charge in [-0.05, 0) is 7.11 Å². The first-order chi connectivity index (χ1) is 2.83. The van der Waals surface area contributed by atoms with Crippen molar-refractivity contribution in [3.05, 3.63) is 12.4 Å². The molecular formula is C6H19NOY2-2. The summed E-state index contributed by atoms with van der Waals surface area (Å²) in [6.07, 6.45) is 0. The average molecular weight is 299 g/mol. The van der Waals surface area contributed by atoms with Crippen LogP contribution < -0.4 is 0 Å². The van der Waals surface area contributed by atoms with Crippen LogP contribution in [-0.2, 0) is 70.2 Å². The quantitative estimate of drug-likeness (QED) is 0.630. The van der Waals surface area contributed by atoms with E-state index < -0.39 is 0 Å². The molecule has 0 aromatic heterocycles. The van der Waals surface area contributed by atoms with Crippen LogP contribution in [0.2, 0.25) is 0 Å². The molecule has 0 amide bonds. The average Bonchev–Trinajstić information content (AvgIpc) is 1.39. The van der Waals surface area contributed by atoms with Crippen molar-refractivity contribution >= 4 is 0 Å². The van der Waals surface area contributed by atoms with Crippen LogP contribution in [0, 0.1) is 7.11 Å². The van der Waals surface area contributed by atoms with E-state index in [-0.39, 0.29) is 80.3 Å². The van der Waals surface area contributed by atoms with Crippen molar-refractivity contribution in [2.45, 2.75) is 14.9 Å². The van der Waals surface area contributed by atoms with E-state index in [0.717, 1.165) is 0 Å². The molecule has 0 heterocycles. The molecule has 0 atom stereocenters. The first-order valence-electron chi connectivity index (χ1n) is 1.59. The van der Waals surface area contributed by atoms with Gasteiger partial charge in [0.1, 0.15) is 0 Å². The monoisotopic (exact) mass is 299 g/mol. The Morgan fingerprint density at radius 2 is 1.10 bits per heavy atom. The zero-order valence-electron chi connectivity index (χ0n) is 5.72. The third kappa shape index (κ3) is 186. The van der Waals surface area contributed by atoms with Crippen LogP contribution >= 0.6 is 0 Å². The summed E-state index contributed by atoms with van der Waals surface area (Å²) in [5.41, 5.74) is 0. The Hall–Kier alpha value is 2.13. The zero-order valence-corrected chi connectivity index (χ0v) is 11.4. The smallest absolute Gasteiger partial charge is 0 e. The fraction of sp³-hybridized carbons (Fsp3) is 0.833. The topological polar surface area (TPSA) is 23.3 Å². The molecule has 0 bridgehead atoms. The Morgan fingerprint density at radius 3 is 1.10 bits per heavy atom. The fourth-order valence-electron chi connectivity index (χ4n) is 0. The van der Waals surface area contributed by atoms with Gasteiger partial charge in [0.25, 0.3) is 0 Å². The van der Waals surface area contributed by atoms with Gasteiger partial charge in [0, 0.05) is 65.4 Å². The Bertz CT molecular complexity index is 17.7. The van der Waals surface area contributed by atoms with Crippen LogP contribution in [0.4, 0.5) is 0 Å². The maximum absolute atomic E-state index is 4.00. The number of hydrogen-bond acceptors (Lipinski definition) is 1. The molecule has 0 aliphatic heterocycles. The van der Waals surface area contributed by atoms with E-state index in [1.54, 1.807) is 14.1 Å². The second-order valence-corrected chi connectivity index (χ2v) is 0.736. The van der Waals surface area contributed by atoms with Gasteiger partial charge in [-0.1, -0.05) is 14.9 Å². The molecule has 4 heteroatoms. The number of rotatable bonds is 0. The minimum atomic E-state index is 0. The van der Waals surface area contributed by atoms with Gasteiger partial charge in [0.15, 0.2) is 0 Å². The van der Waals surface area contributed by atoms with E-state index in [9.17, 15) is 0 Å². The van der Waals surface area contributed by atoms with Crippen LogP contribution in [0.5, 0.6) is 0 Å². The standard InChI is InChI=1S/C2H6N.C2H5O.2CH4.2Y/c2*1-3-2;;;;/h1-2H3;1H2,2H3;2*1H4;;/q2*-1;;;;. The Balaban J connectivity index is -0.00000000571. The molecule has 0 rings (SSSR count). The van der Waals surface area contributed by atoms with Crippen molar-refractivity contribution in [3.63, 3.8) is 0 Å². The molecule has 2 radical (unpaired) electrons. The summed E-state index contributed by atoms with van der Waals surface area (Å²) >= 11 is 0. The summed E-state index contributed by atoms with van der Waals surface area (Å²) in [6.45, 7) is 0. The fourth-order valence-corrected chi connectivity index (χ4v) is 0. The van der Waals surface area contributed by atoms with E-state index in [2.05, 4.69) is 17.2 Å². The van der Waals surface area contributed by atoms with Gasteiger partial charge in [-0.3, -0.25) is 0 Å². The number of hydrogen-bond donors (Lipinski definition) is 0. The van der Waals surface area contributed by atoms with E-state index in [4.69, 9.17) is 0 Å². The van der Waals surface area contributed by atoms with Crippen molar-refractivity contribution in [2.24, 2.45) is 0 Å². The van der Waals surface area contributed by atoms with Crippen LogP contribution in [0.1, 0.15) is 14.9 Å². The molecule has 0 spiro atoms. The molecule has 0 aliphatic carbocycles. The largest absolute Gasteiger partial charge is 0.668 e. The van der Waals surface area contributed by atoms with E-state index in [0.29, 0.717) is 0 Å². The Labute approximate surface area is 117 Å². The SMILES string of the molecule is C.C.C[N-]C.[CH2-]OC.[Y].[Y]. The van der Waals surface area contributed by atoms with Gasteiger partial charge in [0.2, 0.25) is 0 Å². The summed E-state index contributed by atoms with van der Waals surface area (Å²) in [4.78, 5) is 0. The molecule has 0 N–H and O–H groups in total. The van der Waals surface area contributed by atoms with Crippen LogP contribution in [0.25, 0.3) is 5.32 Å². The molecule has 0 aromatic rings. The summed E-state index contributed by atoms with van der Waals surface area (Å²) in [6, 6.07) is 0. The number of ether oxygens (including phenoxy) is 1. The van der Waals surface area contributed by atoms with E-state index >= 15 is 0 Å². The van der Waals surface area contributed by atoms with E-state index in [1.807, 2.05) is 0 Å². The van der Waals surface area contributed by atoms with Crippen LogP contribution in [0.3, 0.4) is 0 Å². The molecule has 0 aromatic carbocycles. The molecule has 0 fully saturated rings. The van der Waals surface area contributed by atoms with Crippen LogP contribution in [-0.4, -0.2) is 21.2 Å². The second kappa shape index (κ2) is 67.0. The Kier molecular flexibility index (Phi) is 268. The van der Waals surface area contributed by atoms with Gasteiger partial charge in [0.05, 0.1) is 0 Å². The van der Waals surface area contributed by atoms with Crippen molar-refractivity contribution in [1.82, 2.24) is 0 Å². The van der Waals surface area contributed by atoms with Gasteiger partial charge >= 0.3 is 0 Å². The molecule has 10 heavy (non-hydrogen) atoms. The maximum Gasteiger partial charge on any atom is 0 e. The third-order valence-corrected chi connectivity index (χ3v) is 0. The summed E-state index contributed by atoms with van der Waals surface area (Å²) in [7, 11) is 8.00. The third-order valence-electron chi connectivity index (χ3n) is 0. The molecule has 62 valence electrons. The Morgan fingerprint density at radius 1 is 1.10 bits per heavy atom. The van der Waals surface area contributed by atoms with Gasteiger partial charge in [-0.2, -0.15) is 14.1 Å². The molecule has 2 nitrogen and oxygen atoms in total. The number of nitrogens with zero attached hydrogens (tertiary/aromatic N) is 1. The first-order valence-corrected chi connectivity index (χ1v) is 1.59. The zero-order chi connectivity index (χ0) is 5.41. The van der Waals surface area contributed by atoms with Gasteiger partial charge in [-0.25, -0.2) is 7.11 Å². The van der Waals surface area contributed by atoms with Crippen molar-refractivity contribution < 1.29 is 70.2 Å². The molecule has 0 aliphatic rings. The van der Waals surface area contributed by atoms with Crippen LogP contribution in [0.15, 0.2) is 0 Å². The summed E-state index contributed by atoms with van der Waals surface area (Å²) in [5.74, 6) is 0. The number of methoxy groups -OCH3 is 1. The predicted octanol–water partition coefficient (Wildman–Crippen LogP) is 2.31. The van der Waals surface area contributed by atoms with E-state index in [1.165, 1.54) is 7.11 Å². The van der Waals surface area contributed by atoms with Gasteiger partial charge in [-0.15, -0.1) is 0 Å².